The molecule has 9 nitrogen and oxygen atoms in total. The molecule has 0 bridgehead atoms. The van der Waals surface area contributed by atoms with E-state index in [4.69, 9.17) is 26.8 Å². The number of amides is 5. The molecule has 1 aliphatic rings. The third-order valence-electron chi connectivity index (χ3n) is 4.14. The van der Waals surface area contributed by atoms with Crippen LogP contribution in [0.2, 0.25) is 5.02 Å². The van der Waals surface area contributed by atoms with Crippen LogP contribution >= 0.6 is 11.6 Å². The number of benzene rings is 2. The molecular formula is C21H18ClN3O6. The average Bonchev–Trinajstić information content (AvgIpc) is 2.72. The summed E-state index contributed by atoms with van der Waals surface area (Å²) in [5, 5.41) is 2.58. The second-order valence-electron chi connectivity index (χ2n) is 6.33. The molecule has 0 aliphatic carbocycles. The summed E-state index contributed by atoms with van der Waals surface area (Å²) in [5.74, 6) is -1.69. The van der Waals surface area contributed by atoms with Crippen molar-refractivity contribution in [2.45, 2.75) is 6.92 Å². The lowest BCUT2D eigenvalue weighted by Crippen LogP contribution is -2.54. The highest BCUT2D eigenvalue weighted by molar-refractivity contribution is 6.39. The molecule has 0 unspecified atom stereocenters. The number of carbonyl (C=O) groups is 4. The van der Waals surface area contributed by atoms with Gasteiger partial charge in [-0.3, -0.25) is 19.7 Å². The van der Waals surface area contributed by atoms with Gasteiger partial charge in [-0.1, -0.05) is 17.7 Å². The summed E-state index contributed by atoms with van der Waals surface area (Å²) in [6, 6.07) is 9.79. The highest BCUT2D eigenvalue weighted by atomic mass is 35.5. The Morgan fingerprint density at radius 1 is 1.10 bits per heavy atom. The van der Waals surface area contributed by atoms with Crippen LogP contribution in [0.5, 0.6) is 11.5 Å². The molecule has 0 atom stereocenters. The number of nitrogens with one attached hydrogen (secondary N) is 1. The van der Waals surface area contributed by atoms with Crippen molar-refractivity contribution >= 4 is 47.1 Å². The van der Waals surface area contributed by atoms with Crippen molar-refractivity contribution in [2.24, 2.45) is 5.73 Å². The molecule has 10 heteroatoms. The maximum Gasteiger partial charge on any atom is 0.335 e. The van der Waals surface area contributed by atoms with Gasteiger partial charge in [0.2, 0.25) is 0 Å². The number of urea groups is 1. The second-order valence-corrected chi connectivity index (χ2v) is 6.76. The fourth-order valence-electron chi connectivity index (χ4n) is 2.80. The first-order valence-corrected chi connectivity index (χ1v) is 9.53. The van der Waals surface area contributed by atoms with E-state index in [0.29, 0.717) is 22.9 Å². The summed E-state index contributed by atoms with van der Waals surface area (Å²) >= 11 is 5.86. The van der Waals surface area contributed by atoms with Crippen LogP contribution in [0, 0.1) is 0 Å². The van der Waals surface area contributed by atoms with Crippen molar-refractivity contribution in [3.8, 4) is 11.5 Å². The Labute approximate surface area is 182 Å². The number of hydrogen-bond donors (Lipinski definition) is 2. The fourth-order valence-corrected chi connectivity index (χ4v) is 2.93. The van der Waals surface area contributed by atoms with E-state index in [0.717, 1.165) is 4.90 Å². The van der Waals surface area contributed by atoms with Crippen LogP contribution in [-0.4, -0.2) is 37.0 Å². The minimum Gasteiger partial charge on any atom is -0.490 e. The number of anilines is 1. The number of halogens is 1. The number of ether oxygens (including phenoxy) is 2. The molecule has 1 aliphatic heterocycles. The van der Waals surface area contributed by atoms with E-state index in [1.165, 1.54) is 42.5 Å². The smallest absolute Gasteiger partial charge is 0.335 e. The molecular weight excluding hydrogens is 426 g/mol. The van der Waals surface area contributed by atoms with Gasteiger partial charge in [0.05, 0.1) is 12.3 Å². The highest BCUT2D eigenvalue weighted by Crippen LogP contribution is 2.30. The predicted octanol–water partition coefficient (Wildman–Crippen LogP) is 2.27. The number of hydrogen-bond acceptors (Lipinski definition) is 6. The van der Waals surface area contributed by atoms with Gasteiger partial charge >= 0.3 is 6.03 Å². The van der Waals surface area contributed by atoms with Crippen LogP contribution in [-0.2, 0) is 14.4 Å². The van der Waals surface area contributed by atoms with E-state index in [1.807, 2.05) is 0 Å². The van der Waals surface area contributed by atoms with Crippen molar-refractivity contribution in [1.29, 1.82) is 0 Å². The fraction of sp³-hybridized carbons (Fsp3) is 0.143. The molecule has 31 heavy (non-hydrogen) atoms. The predicted molar refractivity (Wildman–Crippen MR) is 113 cm³/mol. The second kappa shape index (κ2) is 9.31. The first kappa shape index (κ1) is 21.8. The number of imide groups is 2. The molecule has 5 amide bonds. The minimum absolute atomic E-state index is 0.247. The Balaban J connectivity index is 1.95. The summed E-state index contributed by atoms with van der Waals surface area (Å²) in [6.45, 7) is 1.74. The minimum atomic E-state index is -0.861. The molecule has 160 valence electrons. The maximum absolute atomic E-state index is 12.9. The van der Waals surface area contributed by atoms with Crippen molar-refractivity contribution < 1.29 is 28.7 Å². The number of rotatable bonds is 7. The zero-order valence-electron chi connectivity index (χ0n) is 16.4. The lowest BCUT2D eigenvalue weighted by molar-refractivity contribution is -0.123. The molecule has 0 spiro atoms. The van der Waals surface area contributed by atoms with Gasteiger partial charge in [-0.05, 0) is 55.0 Å². The normalized spacial score (nSPS) is 15.1. The van der Waals surface area contributed by atoms with Gasteiger partial charge in [0.25, 0.3) is 17.7 Å². The van der Waals surface area contributed by atoms with Crippen LogP contribution < -0.4 is 25.4 Å². The summed E-state index contributed by atoms with van der Waals surface area (Å²) in [5.41, 5.74) is 5.55. The topological polar surface area (TPSA) is 128 Å². The number of barbiturate groups is 1. The van der Waals surface area contributed by atoms with Crippen LogP contribution in [0.4, 0.5) is 10.5 Å². The van der Waals surface area contributed by atoms with Crippen LogP contribution in [0.1, 0.15) is 12.5 Å². The van der Waals surface area contributed by atoms with E-state index in [2.05, 4.69) is 5.32 Å². The monoisotopic (exact) mass is 443 g/mol. The molecule has 0 aromatic heterocycles. The third kappa shape index (κ3) is 5.01. The lowest BCUT2D eigenvalue weighted by Gasteiger charge is -2.26. The number of carbonyl (C=O) groups excluding carboxylic acids is 4. The summed E-state index contributed by atoms with van der Waals surface area (Å²) < 4.78 is 10.8. The van der Waals surface area contributed by atoms with E-state index < -0.39 is 23.8 Å². The average molecular weight is 444 g/mol. The van der Waals surface area contributed by atoms with E-state index >= 15 is 0 Å². The van der Waals surface area contributed by atoms with Crippen molar-refractivity contribution in [3.63, 3.8) is 0 Å². The van der Waals surface area contributed by atoms with Crippen LogP contribution in [0.3, 0.4) is 0 Å². The SMILES string of the molecule is CCOc1cc(C=C2C(=O)NC(=O)N(c3ccc(Cl)cc3)C2=O)ccc1OCC(N)=O. The molecule has 2 aromatic rings. The zero-order chi connectivity index (χ0) is 22.5. The van der Waals surface area contributed by atoms with Gasteiger partial charge in [-0.2, -0.15) is 0 Å². The Morgan fingerprint density at radius 3 is 2.45 bits per heavy atom. The molecule has 1 saturated heterocycles. The number of nitrogens with zero attached hydrogens (tertiary/aromatic N) is 1. The van der Waals surface area contributed by atoms with Gasteiger partial charge in [0, 0.05) is 5.02 Å². The third-order valence-corrected chi connectivity index (χ3v) is 4.39. The Kier molecular flexibility index (Phi) is 6.56. The van der Waals surface area contributed by atoms with Crippen LogP contribution in [0.25, 0.3) is 6.08 Å². The van der Waals surface area contributed by atoms with Crippen LogP contribution in [0.15, 0.2) is 48.0 Å². The molecule has 0 radical (unpaired) electrons. The summed E-state index contributed by atoms with van der Waals surface area (Å²) in [6.07, 6.45) is 1.33. The first-order chi connectivity index (χ1) is 14.8. The maximum atomic E-state index is 12.9. The standard InChI is InChI=1S/C21H18ClN3O6/c1-2-30-17-10-12(3-8-16(17)31-11-18(23)26)9-15-19(27)24-21(29)25(20(15)28)14-6-4-13(22)5-7-14/h3-10H,2,11H2,1H3,(H2,23,26)(H,24,27,29). The Hall–Kier alpha value is -3.85. The molecule has 3 rings (SSSR count). The van der Waals surface area contributed by atoms with Gasteiger partial charge in [-0.25, -0.2) is 9.69 Å². The summed E-state index contributed by atoms with van der Waals surface area (Å²) in [7, 11) is 0. The molecule has 2 aromatic carbocycles. The van der Waals surface area contributed by atoms with E-state index in [-0.39, 0.29) is 23.6 Å². The number of nitrogens with two attached hydrogens (primary N) is 1. The highest BCUT2D eigenvalue weighted by Gasteiger charge is 2.36. The first-order valence-electron chi connectivity index (χ1n) is 9.15. The van der Waals surface area contributed by atoms with Gasteiger partial charge in [-0.15, -0.1) is 0 Å². The largest absolute Gasteiger partial charge is 0.490 e. The van der Waals surface area contributed by atoms with Gasteiger partial charge in [0.1, 0.15) is 5.57 Å². The Bertz CT molecular complexity index is 1080. The summed E-state index contributed by atoms with van der Waals surface area (Å²) in [4.78, 5) is 49.3. The Morgan fingerprint density at radius 2 is 1.81 bits per heavy atom. The quantitative estimate of drug-likeness (QED) is 0.499. The molecule has 0 saturated carbocycles. The molecule has 1 fully saturated rings. The zero-order valence-corrected chi connectivity index (χ0v) is 17.1. The van der Waals surface area contributed by atoms with Gasteiger partial charge < -0.3 is 15.2 Å². The molecule has 1 heterocycles. The number of primary amides is 1. The lowest BCUT2D eigenvalue weighted by atomic mass is 10.1. The molecule has 3 N–H and O–H groups in total. The van der Waals surface area contributed by atoms with Gasteiger partial charge in [0.15, 0.2) is 18.1 Å². The van der Waals surface area contributed by atoms with Crippen molar-refractivity contribution in [1.82, 2.24) is 5.32 Å². The van der Waals surface area contributed by atoms with E-state index in [1.54, 1.807) is 13.0 Å². The van der Waals surface area contributed by atoms with Crippen molar-refractivity contribution in [2.75, 3.05) is 18.1 Å². The van der Waals surface area contributed by atoms with E-state index in [9.17, 15) is 19.2 Å². The van der Waals surface area contributed by atoms with Crippen molar-refractivity contribution in [3.05, 3.63) is 58.6 Å².